The number of methoxy groups -OCH3 is 1. The molecule has 0 saturated carbocycles. The molecule has 0 radical (unpaired) electrons. The van der Waals surface area contributed by atoms with Gasteiger partial charge < -0.3 is 14.6 Å². The Morgan fingerprint density at radius 1 is 1.32 bits per heavy atom. The minimum absolute atomic E-state index is 0.563. The molecule has 0 amide bonds. The highest BCUT2D eigenvalue weighted by Crippen LogP contribution is 2.26. The fourth-order valence-electron chi connectivity index (χ4n) is 2.45. The molecule has 0 fully saturated rings. The highest BCUT2D eigenvalue weighted by Gasteiger charge is 2.07. The second-order valence-corrected chi connectivity index (χ2v) is 5.36. The molecule has 1 N–H and O–H groups in total. The zero-order valence-corrected chi connectivity index (χ0v) is 12.4. The van der Waals surface area contributed by atoms with Gasteiger partial charge in [-0.2, -0.15) is 0 Å². The van der Waals surface area contributed by atoms with Crippen molar-refractivity contribution in [2.75, 3.05) is 13.7 Å². The molecule has 0 atom stereocenters. The highest BCUT2D eigenvalue weighted by atomic mass is 16.5. The van der Waals surface area contributed by atoms with Crippen LogP contribution in [0.1, 0.15) is 25.8 Å². The van der Waals surface area contributed by atoms with Crippen molar-refractivity contribution in [1.29, 1.82) is 0 Å². The Morgan fingerprint density at radius 2 is 2.11 bits per heavy atom. The van der Waals surface area contributed by atoms with Crippen molar-refractivity contribution in [2.45, 2.75) is 32.7 Å². The first-order valence-corrected chi connectivity index (χ1v) is 6.97. The van der Waals surface area contributed by atoms with Crippen LogP contribution in [0.2, 0.25) is 0 Å². The Morgan fingerprint density at radius 3 is 2.79 bits per heavy atom. The van der Waals surface area contributed by atoms with Gasteiger partial charge in [0.2, 0.25) is 0 Å². The van der Waals surface area contributed by atoms with Crippen molar-refractivity contribution in [2.24, 2.45) is 7.05 Å². The first kappa shape index (κ1) is 13.9. The fourth-order valence-corrected chi connectivity index (χ4v) is 2.45. The van der Waals surface area contributed by atoms with Gasteiger partial charge >= 0.3 is 0 Å². The molecule has 0 aliphatic rings. The molecule has 1 aromatic heterocycles. The summed E-state index contributed by atoms with van der Waals surface area (Å²) in [6.07, 6.45) is 4.50. The third-order valence-electron chi connectivity index (χ3n) is 3.45. The van der Waals surface area contributed by atoms with E-state index in [1.165, 1.54) is 16.5 Å². The number of nitrogens with one attached hydrogen (secondary N) is 1. The first-order valence-electron chi connectivity index (χ1n) is 6.97. The lowest BCUT2D eigenvalue weighted by Crippen LogP contribution is -2.23. The predicted octanol–water partition coefficient (Wildman–Crippen LogP) is 3.12. The number of aryl methyl sites for hydroxylation is 2. The van der Waals surface area contributed by atoms with E-state index in [-0.39, 0.29) is 0 Å². The molecule has 0 aliphatic carbocycles. The molecule has 0 saturated heterocycles. The van der Waals surface area contributed by atoms with Crippen LogP contribution in [0, 0.1) is 0 Å². The fraction of sp³-hybridized carbons (Fsp3) is 0.500. The Hall–Kier alpha value is -1.48. The van der Waals surface area contributed by atoms with Crippen molar-refractivity contribution in [3.63, 3.8) is 0 Å². The Labute approximate surface area is 115 Å². The highest BCUT2D eigenvalue weighted by molar-refractivity contribution is 5.85. The normalized spacial score (nSPS) is 11.4. The lowest BCUT2D eigenvalue weighted by Gasteiger charge is -2.07. The van der Waals surface area contributed by atoms with Gasteiger partial charge in [-0.05, 0) is 43.1 Å². The molecule has 2 rings (SSSR count). The maximum absolute atomic E-state index is 5.32. The predicted molar refractivity (Wildman–Crippen MR) is 80.9 cm³/mol. The summed E-state index contributed by atoms with van der Waals surface area (Å²) < 4.78 is 7.52. The SMILES string of the molecule is COc1ccc2c(c1)c(CCCNC(C)C)cn2C. The van der Waals surface area contributed by atoms with Crippen LogP contribution in [0.5, 0.6) is 5.75 Å². The third-order valence-corrected chi connectivity index (χ3v) is 3.45. The Balaban J connectivity index is 2.13. The van der Waals surface area contributed by atoms with Gasteiger partial charge in [-0.3, -0.25) is 0 Å². The quantitative estimate of drug-likeness (QED) is 0.808. The van der Waals surface area contributed by atoms with E-state index in [0.29, 0.717) is 6.04 Å². The molecule has 3 nitrogen and oxygen atoms in total. The monoisotopic (exact) mass is 260 g/mol. The zero-order valence-electron chi connectivity index (χ0n) is 12.4. The van der Waals surface area contributed by atoms with Gasteiger partial charge in [0.1, 0.15) is 5.75 Å². The van der Waals surface area contributed by atoms with Crippen molar-refractivity contribution < 1.29 is 4.74 Å². The van der Waals surface area contributed by atoms with Gasteiger partial charge in [0.15, 0.2) is 0 Å². The molecule has 0 aliphatic heterocycles. The van der Waals surface area contributed by atoms with E-state index in [2.05, 4.69) is 49.1 Å². The van der Waals surface area contributed by atoms with E-state index in [4.69, 9.17) is 4.74 Å². The summed E-state index contributed by atoms with van der Waals surface area (Å²) in [6, 6.07) is 6.85. The first-order chi connectivity index (χ1) is 9.11. The van der Waals surface area contributed by atoms with Gasteiger partial charge in [0, 0.05) is 30.2 Å². The largest absolute Gasteiger partial charge is 0.497 e. The summed E-state index contributed by atoms with van der Waals surface area (Å²) in [4.78, 5) is 0. The van der Waals surface area contributed by atoms with Crippen LogP contribution >= 0.6 is 0 Å². The Kier molecular flexibility index (Phi) is 4.48. The van der Waals surface area contributed by atoms with Crippen LogP contribution in [-0.4, -0.2) is 24.3 Å². The third kappa shape index (κ3) is 3.29. The summed E-state index contributed by atoms with van der Waals surface area (Å²) >= 11 is 0. The summed E-state index contributed by atoms with van der Waals surface area (Å²) in [5.41, 5.74) is 2.68. The van der Waals surface area contributed by atoms with Gasteiger partial charge in [0.05, 0.1) is 7.11 Å². The molecule has 0 spiro atoms. The van der Waals surface area contributed by atoms with Crippen molar-refractivity contribution in [3.05, 3.63) is 30.0 Å². The van der Waals surface area contributed by atoms with Crippen molar-refractivity contribution in [3.8, 4) is 5.75 Å². The lowest BCUT2D eigenvalue weighted by molar-refractivity contribution is 0.415. The number of hydrogen-bond acceptors (Lipinski definition) is 2. The Bertz CT molecular complexity index is 543. The second-order valence-electron chi connectivity index (χ2n) is 5.36. The van der Waals surface area contributed by atoms with Crippen LogP contribution in [0.15, 0.2) is 24.4 Å². The second kappa shape index (κ2) is 6.11. The number of hydrogen-bond donors (Lipinski definition) is 1. The molecular weight excluding hydrogens is 236 g/mol. The lowest BCUT2D eigenvalue weighted by atomic mass is 10.1. The summed E-state index contributed by atoms with van der Waals surface area (Å²) in [5, 5.41) is 4.77. The topological polar surface area (TPSA) is 26.2 Å². The maximum atomic E-state index is 5.32. The molecule has 0 unspecified atom stereocenters. The van der Waals surface area contributed by atoms with E-state index >= 15 is 0 Å². The molecule has 1 heterocycles. The van der Waals surface area contributed by atoms with Gasteiger partial charge in [-0.1, -0.05) is 13.8 Å². The van der Waals surface area contributed by atoms with Crippen LogP contribution in [0.3, 0.4) is 0 Å². The summed E-state index contributed by atoms with van der Waals surface area (Å²) in [7, 11) is 3.82. The number of ether oxygens (including phenoxy) is 1. The van der Waals surface area contributed by atoms with Crippen LogP contribution in [0.4, 0.5) is 0 Å². The zero-order chi connectivity index (χ0) is 13.8. The average Bonchev–Trinajstić information content (AvgIpc) is 2.71. The van der Waals surface area contributed by atoms with E-state index < -0.39 is 0 Å². The molecule has 104 valence electrons. The standard InChI is InChI=1S/C16H24N2O/c1-12(2)17-9-5-6-13-11-18(3)16-8-7-14(19-4)10-15(13)16/h7-8,10-12,17H,5-6,9H2,1-4H3. The minimum Gasteiger partial charge on any atom is -0.497 e. The van der Waals surface area contributed by atoms with Crippen LogP contribution < -0.4 is 10.1 Å². The van der Waals surface area contributed by atoms with E-state index in [0.717, 1.165) is 25.1 Å². The van der Waals surface area contributed by atoms with E-state index in [9.17, 15) is 0 Å². The van der Waals surface area contributed by atoms with Crippen molar-refractivity contribution >= 4 is 10.9 Å². The van der Waals surface area contributed by atoms with Crippen LogP contribution in [-0.2, 0) is 13.5 Å². The molecule has 0 bridgehead atoms. The van der Waals surface area contributed by atoms with Gasteiger partial charge in [-0.15, -0.1) is 0 Å². The number of benzene rings is 1. The smallest absolute Gasteiger partial charge is 0.119 e. The average molecular weight is 260 g/mol. The van der Waals surface area contributed by atoms with Gasteiger partial charge in [0.25, 0.3) is 0 Å². The minimum atomic E-state index is 0.563. The number of rotatable bonds is 6. The van der Waals surface area contributed by atoms with Gasteiger partial charge in [-0.25, -0.2) is 0 Å². The van der Waals surface area contributed by atoms with Crippen LogP contribution in [0.25, 0.3) is 10.9 Å². The molecular formula is C16H24N2O. The number of fused-ring (bicyclic) bond motifs is 1. The van der Waals surface area contributed by atoms with Crippen molar-refractivity contribution in [1.82, 2.24) is 9.88 Å². The molecule has 2 aromatic rings. The number of aromatic nitrogens is 1. The molecule has 3 heteroatoms. The number of nitrogens with zero attached hydrogens (tertiary/aromatic N) is 1. The van der Waals surface area contributed by atoms with E-state index in [1.54, 1.807) is 7.11 Å². The molecule has 1 aromatic carbocycles. The summed E-state index contributed by atoms with van der Waals surface area (Å²) in [5.74, 6) is 0.931. The summed E-state index contributed by atoms with van der Waals surface area (Å²) in [6.45, 7) is 5.43. The van der Waals surface area contributed by atoms with E-state index in [1.807, 2.05) is 6.07 Å². The molecule has 19 heavy (non-hydrogen) atoms. The maximum Gasteiger partial charge on any atom is 0.119 e.